The van der Waals surface area contributed by atoms with Crippen molar-refractivity contribution < 1.29 is 0 Å². The van der Waals surface area contributed by atoms with Gasteiger partial charge in [-0.15, -0.1) is 5.10 Å². The summed E-state index contributed by atoms with van der Waals surface area (Å²) in [5, 5.41) is 8.51. The molecule has 0 saturated heterocycles. The lowest BCUT2D eigenvalue weighted by Crippen LogP contribution is -2.10. The van der Waals surface area contributed by atoms with E-state index < -0.39 is 0 Å². The highest BCUT2D eigenvalue weighted by Gasteiger charge is 2.16. The first-order chi connectivity index (χ1) is 7.93. The maximum absolute atomic E-state index is 4.26. The van der Waals surface area contributed by atoms with Gasteiger partial charge in [-0.1, -0.05) is 5.21 Å². The molecule has 1 aliphatic rings. The lowest BCUT2D eigenvalue weighted by atomic mass is 10.0. The monoisotopic (exact) mass is 234 g/mol. The molecule has 0 saturated carbocycles. The van der Waals surface area contributed by atoms with E-state index in [2.05, 4.69) is 25.4 Å². The van der Waals surface area contributed by atoms with Gasteiger partial charge in [0.15, 0.2) is 0 Å². The molecule has 16 heavy (non-hydrogen) atoms. The molecule has 1 aliphatic carbocycles. The molecular formula is C11H14N4S. The Morgan fingerprint density at radius 2 is 2.25 bits per heavy atom. The Morgan fingerprint density at radius 1 is 1.31 bits per heavy atom. The highest BCUT2D eigenvalue weighted by Crippen LogP contribution is 2.19. The maximum atomic E-state index is 4.26. The van der Waals surface area contributed by atoms with Crippen LogP contribution >= 0.6 is 11.5 Å². The minimum Gasteiger partial charge on any atom is -0.249 e. The van der Waals surface area contributed by atoms with Gasteiger partial charge < -0.3 is 0 Å². The van der Waals surface area contributed by atoms with Crippen molar-refractivity contribution in [3.63, 3.8) is 0 Å². The normalized spacial score (nSPS) is 15.0. The molecule has 0 spiro atoms. The van der Waals surface area contributed by atoms with Crippen molar-refractivity contribution in [1.82, 2.24) is 19.4 Å². The van der Waals surface area contributed by atoms with E-state index in [0.717, 1.165) is 25.8 Å². The molecule has 2 aromatic heterocycles. The van der Waals surface area contributed by atoms with E-state index in [0.29, 0.717) is 0 Å². The van der Waals surface area contributed by atoms with Crippen LogP contribution in [0.5, 0.6) is 0 Å². The molecule has 0 unspecified atom stereocenters. The van der Waals surface area contributed by atoms with E-state index in [4.69, 9.17) is 0 Å². The second kappa shape index (κ2) is 4.33. The van der Waals surface area contributed by atoms with Gasteiger partial charge in [0, 0.05) is 24.0 Å². The van der Waals surface area contributed by atoms with Crippen molar-refractivity contribution in [2.24, 2.45) is 0 Å². The summed E-state index contributed by atoms with van der Waals surface area (Å²) in [6.07, 6.45) is 7.67. The Bertz CT molecular complexity index is 460. The Morgan fingerprint density at radius 3 is 3.12 bits per heavy atom. The van der Waals surface area contributed by atoms with Gasteiger partial charge in [-0.05, 0) is 43.3 Å². The summed E-state index contributed by atoms with van der Waals surface area (Å²) in [7, 11) is 0. The van der Waals surface area contributed by atoms with Gasteiger partial charge in [0.25, 0.3) is 0 Å². The first-order valence-electron chi connectivity index (χ1n) is 5.74. The average Bonchev–Trinajstić information content (AvgIpc) is 2.96. The SMILES string of the molecule is c1cc(CCn2nnc3c2CCCC3)sn1. The number of fused-ring (bicyclic) bond motifs is 1. The fraction of sp³-hybridized carbons (Fsp3) is 0.545. The van der Waals surface area contributed by atoms with Crippen LogP contribution in [0.4, 0.5) is 0 Å². The molecule has 0 N–H and O–H groups in total. The van der Waals surface area contributed by atoms with Crippen LogP contribution in [0.2, 0.25) is 0 Å². The van der Waals surface area contributed by atoms with Crippen LogP contribution < -0.4 is 0 Å². The van der Waals surface area contributed by atoms with Gasteiger partial charge >= 0.3 is 0 Å². The quantitative estimate of drug-likeness (QED) is 0.814. The molecule has 0 bridgehead atoms. The van der Waals surface area contributed by atoms with E-state index in [-0.39, 0.29) is 0 Å². The van der Waals surface area contributed by atoms with Gasteiger partial charge in [0.1, 0.15) is 0 Å². The Hall–Kier alpha value is -1.23. The standard InChI is InChI=1S/C11H14N4S/c1-2-4-11-10(3-1)13-14-15(11)8-6-9-5-7-12-16-9/h5,7H,1-4,6,8H2. The van der Waals surface area contributed by atoms with Crippen molar-refractivity contribution in [3.05, 3.63) is 28.5 Å². The number of nitrogens with zero attached hydrogens (tertiary/aromatic N) is 4. The van der Waals surface area contributed by atoms with Crippen molar-refractivity contribution in [3.8, 4) is 0 Å². The Balaban J connectivity index is 1.72. The van der Waals surface area contributed by atoms with E-state index in [9.17, 15) is 0 Å². The predicted molar refractivity (Wildman–Crippen MR) is 62.5 cm³/mol. The van der Waals surface area contributed by atoms with Gasteiger partial charge in [0.2, 0.25) is 0 Å². The summed E-state index contributed by atoms with van der Waals surface area (Å²) < 4.78 is 6.18. The summed E-state index contributed by atoms with van der Waals surface area (Å²) >= 11 is 1.57. The van der Waals surface area contributed by atoms with Gasteiger partial charge in [-0.3, -0.25) is 0 Å². The second-order valence-electron chi connectivity index (χ2n) is 4.14. The number of hydrogen-bond donors (Lipinski definition) is 0. The molecule has 4 nitrogen and oxygen atoms in total. The molecule has 0 radical (unpaired) electrons. The topological polar surface area (TPSA) is 43.6 Å². The minimum absolute atomic E-state index is 0.935. The molecule has 5 heteroatoms. The zero-order chi connectivity index (χ0) is 10.8. The third kappa shape index (κ3) is 1.87. The Kier molecular flexibility index (Phi) is 2.70. The molecule has 0 amide bonds. The van der Waals surface area contributed by atoms with Crippen LogP contribution in [-0.4, -0.2) is 19.4 Å². The van der Waals surface area contributed by atoms with Gasteiger partial charge in [0.05, 0.1) is 11.4 Å². The van der Waals surface area contributed by atoms with E-state index in [1.54, 1.807) is 11.5 Å². The third-order valence-corrected chi connectivity index (χ3v) is 3.86. The highest BCUT2D eigenvalue weighted by atomic mass is 32.1. The largest absolute Gasteiger partial charge is 0.249 e. The average molecular weight is 234 g/mol. The van der Waals surface area contributed by atoms with E-state index in [1.165, 1.54) is 29.1 Å². The van der Waals surface area contributed by atoms with Crippen LogP contribution in [0.25, 0.3) is 0 Å². The molecule has 0 atom stereocenters. The summed E-state index contributed by atoms with van der Waals surface area (Å²) in [5.74, 6) is 0. The molecular weight excluding hydrogens is 220 g/mol. The van der Waals surface area contributed by atoms with E-state index in [1.807, 2.05) is 6.20 Å². The van der Waals surface area contributed by atoms with Crippen LogP contribution in [0.15, 0.2) is 12.3 Å². The van der Waals surface area contributed by atoms with Crippen molar-refractivity contribution >= 4 is 11.5 Å². The van der Waals surface area contributed by atoms with Gasteiger partial charge in [-0.25, -0.2) is 9.06 Å². The molecule has 0 fully saturated rings. The molecule has 2 heterocycles. The summed E-state index contributed by atoms with van der Waals surface area (Å²) in [4.78, 5) is 1.32. The minimum atomic E-state index is 0.935. The highest BCUT2D eigenvalue weighted by molar-refractivity contribution is 7.05. The molecule has 2 aromatic rings. The lowest BCUT2D eigenvalue weighted by molar-refractivity contribution is 0.552. The number of rotatable bonds is 3. The molecule has 84 valence electrons. The molecule has 3 rings (SSSR count). The number of aryl methyl sites for hydroxylation is 3. The first kappa shape index (κ1) is 9.96. The van der Waals surface area contributed by atoms with Crippen LogP contribution in [0.1, 0.15) is 29.1 Å². The number of aromatic nitrogens is 4. The molecule has 0 aromatic carbocycles. The lowest BCUT2D eigenvalue weighted by Gasteiger charge is -2.11. The van der Waals surface area contributed by atoms with Crippen LogP contribution in [0, 0.1) is 0 Å². The van der Waals surface area contributed by atoms with Crippen LogP contribution in [-0.2, 0) is 25.8 Å². The Labute approximate surface area is 98.5 Å². The third-order valence-electron chi connectivity index (χ3n) is 3.06. The smallest absolute Gasteiger partial charge is 0.0859 e. The second-order valence-corrected chi connectivity index (χ2v) is 5.06. The summed E-state index contributed by atoms with van der Waals surface area (Å²) in [5.41, 5.74) is 2.58. The van der Waals surface area contributed by atoms with Crippen molar-refractivity contribution in [2.45, 2.75) is 38.6 Å². The fourth-order valence-electron chi connectivity index (χ4n) is 2.19. The summed E-state index contributed by atoms with van der Waals surface area (Å²) in [6, 6.07) is 2.08. The fourth-order valence-corrected chi connectivity index (χ4v) is 2.75. The number of hydrogen-bond acceptors (Lipinski definition) is 4. The molecule has 0 aliphatic heterocycles. The van der Waals surface area contributed by atoms with E-state index >= 15 is 0 Å². The summed E-state index contributed by atoms with van der Waals surface area (Å²) in [6.45, 7) is 0.935. The van der Waals surface area contributed by atoms with Crippen LogP contribution in [0.3, 0.4) is 0 Å². The van der Waals surface area contributed by atoms with Crippen molar-refractivity contribution in [2.75, 3.05) is 0 Å². The van der Waals surface area contributed by atoms with Crippen molar-refractivity contribution in [1.29, 1.82) is 0 Å². The zero-order valence-corrected chi connectivity index (χ0v) is 9.91. The predicted octanol–water partition coefficient (Wildman–Crippen LogP) is 1.86. The maximum Gasteiger partial charge on any atom is 0.0859 e. The zero-order valence-electron chi connectivity index (χ0n) is 9.09. The van der Waals surface area contributed by atoms with Gasteiger partial charge in [-0.2, -0.15) is 0 Å². The first-order valence-corrected chi connectivity index (χ1v) is 6.51.